The molecule has 1 N–H and O–H groups in total. The Balaban J connectivity index is 2.08. The summed E-state index contributed by atoms with van der Waals surface area (Å²) in [6.45, 7) is 9.00. The SMILES string of the molecule is CC[C@@H](C(=O)NC(C)(C)C)N(Cc1ccccc1)C(=O)CN(c1ccc(C)cc1)S(=O)(=O)c1ccc(OC)c(Br)c1. The molecular weight excluding hydrogens is 606 g/mol. The Bertz CT molecular complexity index is 1460. The highest BCUT2D eigenvalue weighted by molar-refractivity contribution is 9.10. The normalized spacial score (nSPS) is 12.4. The van der Waals surface area contributed by atoms with Crippen molar-refractivity contribution in [1.29, 1.82) is 0 Å². The van der Waals surface area contributed by atoms with Crippen LogP contribution in [0.4, 0.5) is 5.69 Å². The van der Waals surface area contributed by atoms with Crippen LogP contribution in [-0.4, -0.2) is 50.4 Å². The zero-order valence-electron chi connectivity index (χ0n) is 24.3. The van der Waals surface area contributed by atoms with E-state index >= 15 is 0 Å². The fourth-order valence-corrected chi connectivity index (χ4v) is 6.46. The third-order valence-electron chi connectivity index (χ3n) is 6.39. The standard InChI is InChI=1S/C31H38BrN3O5S/c1-7-27(30(37)33-31(3,4)5)34(20-23-11-9-8-10-12-23)29(36)21-35(24-15-13-22(2)14-16-24)41(38,39)25-17-18-28(40-6)26(32)19-25/h8-19,27H,7,20-21H2,1-6H3,(H,33,37)/t27-/m0/s1. The molecule has 0 aliphatic heterocycles. The van der Waals surface area contributed by atoms with Gasteiger partial charge in [-0.3, -0.25) is 13.9 Å². The number of nitrogens with one attached hydrogen (secondary N) is 1. The summed E-state index contributed by atoms with van der Waals surface area (Å²) in [5.41, 5.74) is 1.60. The molecule has 0 aromatic heterocycles. The zero-order valence-corrected chi connectivity index (χ0v) is 26.8. The molecule has 8 nitrogen and oxygen atoms in total. The minimum atomic E-state index is -4.20. The van der Waals surface area contributed by atoms with Crippen molar-refractivity contribution in [3.63, 3.8) is 0 Å². The number of amides is 2. The fraction of sp³-hybridized carbons (Fsp3) is 0.355. The van der Waals surface area contributed by atoms with Gasteiger partial charge in [0.1, 0.15) is 18.3 Å². The summed E-state index contributed by atoms with van der Waals surface area (Å²) in [5.74, 6) is -0.318. The number of sulfonamides is 1. The number of hydrogen-bond donors (Lipinski definition) is 1. The summed E-state index contributed by atoms with van der Waals surface area (Å²) >= 11 is 3.37. The van der Waals surface area contributed by atoms with Gasteiger partial charge in [0.05, 0.1) is 22.2 Å². The fourth-order valence-electron chi connectivity index (χ4n) is 4.33. The Morgan fingerprint density at radius 3 is 2.17 bits per heavy atom. The van der Waals surface area contributed by atoms with Crippen molar-refractivity contribution >= 4 is 43.5 Å². The van der Waals surface area contributed by atoms with E-state index in [0.29, 0.717) is 22.3 Å². The molecule has 1 atom stereocenters. The van der Waals surface area contributed by atoms with E-state index < -0.39 is 34.1 Å². The number of rotatable bonds is 11. The van der Waals surface area contributed by atoms with Gasteiger partial charge in [-0.1, -0.05) is 55.0 Å². The number of hydrogen-bond acceptors (Lipinski definition) is 5. The molecule has 0 bridgehead atoms. The van der Waals surface area contributed by atoms with Crippen LogP contribution in [0.3, 0.4) is 0 Å². The quantitative estimate of drug-likeness (QED) is 0.290. The summed E-state index contributed by atoms with van der Waals surface area (Å²) in [6.07, 6.45) is 0.350. The minimum Gasteiger partial charge on any atom is -0.496 e. The van der Waals surface area contributed by atoms with Crippen LogP contribution >= 0.6 is 15.9 Å². The maximum absolute atomic E-state index is 14.1. The second-order valence-electron chi connectivity index (χ2n) is 10.8. The summed E-state index contributed by atoms with van der Waals surface area (Å²) in [4.78, 5) is 29.0. The van der Waals surface area contributed by atoms with Crippen LogP contribution in [0.1, 0.15) is 45.2 Å². The Labute approximate surface area is 251 Å². The third kappa shape index (κ3) is 8.33. The summed E-state index contributed by atoms with van der Waals surface area (Å²) in [7, 11) is -2.70. The molecule has 220 valence electrons. The lowest BCUT2D eigenvalue weighted by Gasteiger charge is -2.34. The van der Waals surface area contributed by atoms with Crippen LogP contribution in [0.5, 0.6) is 5.75 Å². The molecule has 0 saturated carbocycles. The highest BCUT2D eigenvalue weighted by Gasteiger charge is 2.34. The van der Waals surface area contributed by atoms with E-state index in [1.54, 1.807) is 30.3 Å². The largest absolute Gasteiger partial charge is 0.496 e. The minimum absolute atomic E-state index is 0.00863. The van der Waals surface area contributed by atoms with Crippen LogP contribution in [0, 0.1) is 6.92 Å². The Hall–Kier alpha value is -3.37. The molecule has 0 radical (unpaired) electrons. The molecule has 41 heavy (non-hydrogen) atoms. The van der Waals surface area contributed by atoms with Gasteiger partial charge in [-0.25, -0.2) is 8.42 Å². The van der Waals surface area contributed by atoms with Crippen molar-refractivity contribution in [3.8, 4) is 5.75 Å². The number of methoxy groups -OCH3 is 1. The molecule has 0 aliphatic rings. The Morgan fingerprint density at radius 2 is 1.63 bits per heavy atom. The smallest absolute Gasteiger partial charge is 0.264 e. The van der Waals surface area contributed by atoms with Crippen LogP contribution in [-0.2, 0) is 26.2 Å². The van der Waals surface area contributed by atoms with E-state index in [4.69, 9.17) is 4.74 Å². The lowest BCUT2D eigenvalue weighted by atomic mass is 10.1. The molecule has 0 fully saturated rings. The topological polar surface area (TPSA) is 96.0 Å². The van der Waals surface area contributed by atoms with Crippen molar-refractivity contribution < 1.29 is 22.7 Å². The molecule has 2 amide bonds. The Kier molecular flexibility index (Phi) is 10.6. The lowest BCUT2D eigenvalue weighted by molar-refractivity contribution is -0.141. The predicted octanol–water partition coefficient (Wildman–Crippen LogP) is 5.68. The van der Waals surface area contributed by atoms with Gasteiger partial charge < -0.3 is 15.0 Å². The second kappa shape index (κ2) is 13.5. The first kappa shape index (κ1) is 32.1. The van der Waals surface area contributed by atoms with Crippen LogP contribution in [0.15, 0.2) is 82.2 Å². The van der Waals surface area contributed by atoms with Gasteiger partial charge in [-0.05, 0) is 85.9 Å². The molecule has 0 unspecified atom stereocenters. The van der Waals surface area contributed by atoms with Crippen molar-refractivity contribution in [3.05, 3.63) is 88.4 Å². The van der Waals surface area contributed by atoms with Gasteiger partial charge in [0.25, 0.3) is 10.0 Å². The zero-order chi connectivity index (χ0) is 30.4. The second-order valence-corrected chi connectivity index (χ2v) is 13.5. The molecule has 0 heterocycles. The highest BCUT2D eigenvalue weighted by atomic mass is 79.9. The molecule has 10 heteroatoms. The highest BCUT2D eigenvalue weighted by Crippen LogP contribution is 2.31. The summed E-state index contributed by atoms with van der Waals surface area (Å²) in [5, 5.41) is 2.97. The Morgan fingerprint density at radius 1 is 1.00 bits per heavy atom. The average molecular weight is 645 g/mol. The number of anilines is 1. The number of aryl methyl sites for hydroxylation is 1. The summed E-state index contributed by atoms with van der Waals surface area (Å²) in [6, 6.07) is 19.9. The van der Waals surface area contributed by atoms with Gasteiger partial charge >= 0.3 is 0 Å². The van der Waals surface area contributed by atoms with Crippen molar-refractivity contribution in [2.45, 2.75) is 64.1 Å². The monoisotopic (exact) mass is 643 g/mol. The maximum atomic E-state index is 14.1. The van der Waals surface area contributed by atoms with Crippen molar-refractivity contribution in [2.24, 2.45) is 0 Å². The number of carbonyl (C=O) groups is 2. The molecule has 3 rings (SSSR count). The van der Waals surface area contributed by atoms with Crippen molar-refractivity contribution in [1.82, 2.24) is 10.2 Å². The molecular formula is C31H38BrN3O5S. The van der Waals surface area contributed by atoms with E-state index in [9.17, 15) is 18.0 Å². The van der Waals surface area contributed by atoms with Gasteiger partial charge in [-0.15, -0.1) is 0 Å². The molecule has 3 aromatic rings. The van der Waals surface area contributed by atoms with Crippen molar-refractivity contribution in [2.75, 3.05) is 18.0 Å². The maximum Gasteiger partial charge on any atom is 0.264 e. The number of nitrogens with zero attached hydrogens (tertiary/aromatic N) is 2. The molecule has 0 aliphatic carbocycles. The van der Waals surface area contributed by atoms with E-state index in [1.807, 2.05) is 65.0 Å². The third-order valence-corrected chi connectivity index (χ3v) is 8.78. The number of benzene rings is 3. The van der Waals surface area contributed by atoms with Crippen LogP contribution in [0.25, 0.3) is 0 Å². The molecule has 3 aromatic carbocycles. The van der Waals surface area contributed by atoms with Gasteiger partial charge in [0.2, 0.25) is 11.8 Å². The van der Waals surface area contributed by atoms with Gasteiger partial charge in [0, 0.05) is 12.1 Å². The number of ether oxygens (including phenoxy) is 1. The van der Waals surface area contributed by atoms with E-state index in [-0.39, 0.29) is 17.3 Å². The van der Waals surface area contributed by atoms with E-state index in [1.165, 1.54) is 24.1 Å². The first-order valence-corrected chi connectivity index (χ1v) is 15.6. The van der Waals surface area contributed by atoms with E-state index in [2.05, 4.69) is 21.2 Å². The number of carbonyl (C=O) groups excluding carboxylic acids is 2. The molecule has 0 spiro atoms. The van der Waals surface area contributed by atoms with Crippen LogP contribution in [0.2, 0.25) is 0 Å². The molecule has 0 saturated heterocycles. The van der Waals surface area contributed by atoms with Gasteiger partial charge in [0.15, 0.2) is 0 Å². The first-order valence-electron chi connectivity index (χ1n) is 13.3. The van der Waals surface area contributed by atoms with E-state index in [0.717, 1.165) is 15.4 Å². The van der Waals surface area contributed by atoms with Gasteiger partial charge in [-0.2, -0.15) is 0 Å². The summed E-state index contributed by atoms with van der Waals surface area (Å²) < 4.78 is 34.9. The average Bonchev–Trinajstić information content (AvgIpc) is 2.91. The first-order chi connectivity index (χ1) is 19.3. The van der Waals surface area contributed by atoms with Crippen LogP contribution < -0.4 is 14.4 Å². The lowest BCUT2D eigenvalue weighted by Crippen LogP contribution is -2.55. The predicted molar refractivity (Wildman–Crippen MR) is 165 cm³/mol. The number of halogens is 1.